The first-order chi connectivity index (χ1) is 11.0. The van der Waals surface area contributed by atoms with Gasteiger partial charge in [-0.15, -0.1) is 0 Å². The zero-order chi connectivity index (χ0) is 18.5. The Bertz CT molecular complexity index is 607. The van der Waals surface area contributed by atoms with E-state index in [0.29, 0.717) is 12.1 Å². The number of urea groups is 1. The molecule has 0 radical (unpaired) electrons. The predicted octanol–water partition coefficient (Wildman–Crippen LogP) is 3.25. The van der Waals surface area contributed by atoms with E-state index in [0.717, 1.165) is 11.0 Å². The van der Waals surface area contributed by atoms with Crippen LogP contribution in [0.5, 0.6) is 5.75 Å². The Morgan fingerprint density at radius 1 is 1.33 bits per heavy atom. The van der Waals surface area contributed by atoms with E-state index in [1.54, 1.807) is 0 Å². The second-order valence-electron chi connectivity index (χ2n) is 4.58. The molecule has 0 fully saturated rings. The summed E-state index contributed by atoms with van der Waals surface area (Å²) in [6.45, 7) is -3.60. The lowest BCUT2D eigenvalue weighted by Crippen LogP contribution is -2.33. The highest BCUT2D eigenvalue weighted by Gasteiger charge is 2.35. The van der Waals surface area contributed by atoms with Crippen molar-refractivity contribution in [1.82, 2.24) is 4.90 Å². The van der Waals surface area contributed by atoms with Gasteiger partial charge in [0.25, 0.3) is 0 Å². The van der Waals surface area contributed by atoms with E-state index >= 15 is 0 Å². The van der Waals surface area contributed by atoms with Gasteiger partial charge in [-0.05, 0) is 18.2 Å². The number of halogens is 5. The summed E-state index contributed by atoms with van der Waals surface area (Å²) in [6, 6.07) is 1.20. The quantitative estimate of drug-likeness (QED) is 0.767. The van der Waals surface area contributed by atoms with Gasteiger partial charge in [-0.1, -0.05) is 0 Å². The molecule has 0 unspecified atom stereocenters. The van der Waals surface area contributed by atoms with Gasteiger partial charge in [-0.2, -0.15) is 22.0 Å². The molecular weight excluding hydrogens is 343 g/mol. The Hall–Kier alpha value is -2.59. The molecule has 1 aromatic rings. The lowest BCUT2D eigenvalue weighted by molar-refractivity contribution is -0.142. The third-order valence-electron chi connectivity index (χ3n) is 2.76. The normalized spacial score (nSPS) is 11.3. The average molecular weight is 356 g/mol. The standard InChI is InChI=1S/C13H13F5N2O4/c1-20(5-4-10(21)22)12(23)19-7-2-3-9(24-11(14)15)8(6-7)13(16,17)18/h2-3,6,11H,4-5H2,1H3,(H,19,23)(H,21,22). The first kappa shape index (κ1) is 19.5. The Labute approximate surface area is 132 Å². The summed E-state index contributed by atoms with van der Waals surface area (Å²) in [5.74, 6) is -2.22. The third-order valence-corrected chi connectivity index (χ3v) is 2.76. The highest BCUT2D eigenvalue weighted by molar-refractivity contribution is 5.89. The van der Waals surface area contributed by atoms with Crippen molar-refractivity contribution in [2.24, 2.45) is 0 Å². The summed E-state index contributed by atoms with van der Waals surface area (Å²) in [6.07, 6.45) is -5.32. The Morgan fingerprint density at radius 2 is 1.96 bits per heavy atom. The number of benzene rings is 1. The number of nitrogens with zero attached hydrogens (tertiary/aromatic N) is 1. The third kappa shape index (κ3) is 5.89. The highest BCUT2D eigenvalue weighted by atomic mass is 19.4. The molecule has 0 aliphatic heterocycles. The zero-order valence-electron chi connectivity index (χ0n) is 12.2. The first-order valence-corrected chi connectivity index (χ1v) is 6.40. The number of amides is 2. The summed E-state index contributed by atoms with van der Waals surface area (Å²) in [5.41, 5.74) is -1.79. The number of ether oxygens (including phenoxy) is 1. The van der Waals surface area contributed by atoms with Crippen molar-refractivity contribution < 1.29 is 41.4 Å². The monoisotopic (exact) mass is 356 g/mol. The van der Waals surface area contributed by atoms with E-state index in [4.69, 9.17) is 5.11 Å². The topological polar surface area (TPSA) is 78.9 Å². The van der Waals surface area contributed by atoms with Crippen LogP contribution in [0.15, 0.2) is 18.2 Å². The minimum atomic E-state index is -4.97. The van der Waals surface area contributed by atoms with Gasteiger partial charge in [0, 0.05) is 19.3 Å². The molecule has 24 heavy (non-hydrogen) atoms. The fourth-order valence-electron chi connectivity index (χ4n) is 1.61. The van der Waals surface area contributed by atoms with Gasteiger partial charge in [-0.3, -0.25) is 4.79 Å². The SMILES string of the molecule is CN(CCC(=O)O)C(=O)Nc1ccc(OC(F)F)c(C(F)(F)F)c1. The second-order valence-corrected chi connectivity index (χ2v) is 4.58. The van der Waals surface area contributed by atoms with E-state index in [9.17, 15) is 31.5 Å². The molecule has 0 aromatic heterocycles. The molecule has 0 bridgehead atoms. The van der Waals surface area contributed by atoms with Crippen LogP contribution in [0, 0.1) is 0 Å². The van der Waals surface area contributed by atoms with Crippen molar-refractivity contribution in [1.29, 1.82) is 0 Å². The molecule has 1 aromatic carbocycles. The van der Waals surface area contributed by atoms with Gasteiger partial charge in [-0.25, -0.2) is 4.79 Å². The molecule has 0 saturated heterocycles. The lowest BCUT2D eigenvalue weighted by Gasteiger charge is -2.18. The van der Waals surface area contributed by atoms with Crippen LogP contribution in [-0.2, 0) is 11.0 Å². The largest absolute Gasteiger partial charge is 0.481 e. The molecular formula is C13H13F5N2O4. The van der Waals surface area contributed by atoms with Gasteiger partial charge < -0.3 is 20.1 Å². The number of hydrogen-bond donors (Lipinski definition) is 2. The maximum atomic E-state index is 12.9. The number of anilines is 1. The van der Waals surface area contributed by atoms with Crippen LogP contribution in [0.3, 0.4) is 0 Å². The van der Waals surface area contributed by atoms with E-state index in [1.165, 1.54) is 7.05 Å². The molecule has 2 N–H and O–H groups in total. The van der Waals surface area contributed by atoms with Gasteiger partial charge in [0.15, 0.2) is 0 Å². The minimum absolute atomic E-state index is 0.167. The van der Waals surface area contributed by atoms with Crippen molar-refractivity contribution in [3.63, 3.8) is 0 Å². The van der Waals surface area contributed by atoms with Crippen LogP contribution in [0.2, 0.25) is 0 Å². The van der Waals surface area contributed by atoms with Crippen LogP contribution in [0.25, 0.3) is 0 Å². The van der Waals surface area contributed by atoms with Crippen LogP contribution in [-0.4, -0.2) is 42.2 Å². The molecule has 0 heterocycles. The van der Waals surface area contributed by atoms with E-state index < -0.39 is 36.1 Å². The smallest absolute Gasteiger partial charge is 0.420 e. The number of carbonyl (C=O) groups is 2. The number of carbonyl (C=O) groups excluding carboxylic acids is 1. The van der Waals surface area contributed by atoms with Crippen molar-refractivity contribution in [2.75, 3.05) is 18.9 Å². The molecule has 0 spiro atoms. The lowest BCUT2D eigenvalue weighted by atomic mass is 10.1. The predicted molar refractivity (Wildman–Crippen MR) is 72.0 cm³/mol. The molecule has 0 aliphatic rings. The number of hydrogen-bond acceptors (Lipinski definition) is 3. The van der Waals surface area contributed by atoms with Gasteiger partial charge >= 0.3 is 24.8 Å². The van der Waals surface area contributed by atoms with Crippen LogP contribution >= 0.6 is 0 Å². The van der Waals surface area contributed by atoms with Crippen LogP contribution in [0.1, 0.15) is 12.0 Å². The van der Waals surface area contributed by atoms with E-state index in [1.807, 2.05) is 0 Å². The molecule has 0 aliphatic carbocycles. The van der Waals surface area contributed by atoms with Gasteiger partial charge in [0.05, 0.1) is 12.0 Å². The Balaban J connectivity index is 2.93. The number of rotatable bonds is 6. The van der Waals surface area contributed by atoms with Crippen molar-refractivity contribution in [3.8, 4) is 5.75 Å². The van der Waals surface area contributed by atoms with Gasteiger partial charge in [0.1, 0.15) is 5.75 Å². The fourth-order valence-corrected chi connectivity index (χ4v) is 1.61. The van der Waals surface area contributed by atoms with Crippen molar-refractivity contribution in [3.05, 3.63) is 23.8 Å². The number of carboxylic acid groups (broad SMARTS) is 1. The van der Waals surface area contributed by atoms with E-state index in [-0.39, 0.29) is 18.7 Å². The van der Waals surface area contributed by atoms with Crippen molar-refractivity contribution in [2.45, 2.75) is 19.2 Å². The molecule has 1 rings (SSSR count). The number of aliphatic carboxylic acids is 1. The summed E-state index contributed by atoms with van der Waals surface area (Å²) >= 11 is 0. The number of carboxylic acids is 1. The summed E-state index contributed by atoms with van der Waals surface area (Å²) in [5, 5.41) is 10.6. The number of alkyl halides is 5. The second kappa shape index (κ2) is 7.79. The summed E-state index contributed by atoms with van der Waals surface area (Å²) in [7, 11) is 1.25. The first-order valence-electron chi connectivity index (χ1n) is 6.40. The maximum Gasteiger partial charge on any atom is 0.420 e. The molecule has 6 nitrogen and oxygen atoms in total. The molecule has 11 heteroatoms. The number of nitrogens with one attached hydrogen (secondary N) is 1. The molecule has 0 atom stereocenters. The fraction of sp³-hybridized carbons (Fsp3) is 0.385. The minimum Gasteiger partial charge on any atom is -0.481 e. The Morgan fingerprint density at radius 3 is 2.46 bits per heavy atom. The molecule has 2 amide bonds. The average Bonchev–Trinajstić information content (AvgIpc) is 2.44. The zero-order valence-corrected chi connectivity index (χ0v) is 12.2. The molecule has 134 valence electrons. The van der Waals surface area contributed by atoms with Crippen LogP contribution < -0.4 is 10.1 Å². The molecule has 0 saturated carbocycles. The highest BCUT2D eigenvalue weighted by Crippen LogP contribution is 2.38. The van der Waals surface area contributed by atoms with E-state index in [2.05, 4.69) is 10.1 Å². The van der Waals surface area contributed by atoms with Crippen molar-refractivity contribution >= 4 is 17.7 Å². The van der Waals surface area contributed by atoms with Gasteiger partial charge in [0.2, 0.25) is 0 Å². The maximum absolute atomic E-state index is 12.9. The summed E-state index contributed by atoms with van der Waals surface area (Å²) in [4.78, 5) is 23.1. The van der Waals surface area contributed by atoms with Crippen LogP contribution in [0.4, 0.5) is 32.4 Å². The summed E-state index contributed by atoms with van der Waals surface area (Å²) < 4.78 is 66.7. The Kier molecular flexibility index (Phi) is 6.32.